The second-order valence-corrected chi connectivity index (χ2v) is 7.73. The Hall–Kier alpha value is -2.78. The molecule has 0 aliphatic carbocycles. The van der Waals surface area contributed by atoms with Gasteiger partial charge in [0.25, 0.3) is 5.91 Å². The maximum Gasteiger partial charge on any atom is 0.255 e. The summed E-state index contributed by atoms with van der Waals surface area (Å²) in [6.07, 6.45) is 0. The van der Waals surface area contributed by atoms with Crippen LogP contribution in [0.15, 0.2) is 41.3 Å². The van der Waals surface area contributed by atoms with Crippen LogP contribution in [0.3, 0.4) is 0 Å². The average Bonchev–Trinajstić information content (AvgIpc) is 2.60. The van der Waals surface area contributed by atoms with Gasteiger partial charge in [0.15, 0.2) is 0 Å². The van der Waals surface area contributed by atoms with Crippen molar-refractivity contribution in [2.24, 2.45) is 0 Å². The van der Waals surface area contributed by atoms with Crippen LogP contribution in [0.2, 0.25) is 0 Å². The zero-order valence-corrected chi connectivity index (χ0v) is 16.4. The molecule has 0 fully saturated rings. The molecule has 2 aromatic rings. The van der Waals surface area contributed by atoms with Gasteiger partial charge in [-0.25, -0.2) is 13.1 Å². The van der Waals surface area contributed by atoms with Gasteiger partial charge in [-0.15, -0.1) is 0 Å². The number of methoxy groups -OCH3 is 2. The first kappa shape index (κ1) is 20.5. The fourth-order valence-electron chi connectivity index (χ4n) is 2.42. The number of hydrogen-bond acceptors (Lipinski definition) is 6. The van der Waals surface area contributed by atoms with E-state index in [1.54, 1.807) is 32.0 Å². The summed E-state index contributed by atoms with van der Waals surface area (Å²) in [5.74, 6) is 0.155. The number of amides is 1. The highest BCUT2D eigenvalue weighted by atomic mass is 32.2. The van der Waals surface area contributed by atoms with E-state index in [-0.39, 0.29) is 22.3 Å². The van der Waals surface area contributed by atoms with E-state index in [4.69, 9.17) is 15.2 Å². The number of carbonyl (C=O) groups excluding carboxylic acids is 1. The van der Waals surface area contributed by atoms with Crippen LogP contribution < -0.4 is 25.2 Å². The van der Waals surface area contributed by atoms with Gasteiger partial charge in [0.05, 0.1) is 19.9 Å². The Morgan fingerprint density at radius 2 is 1.67 bits per heavy atom. The number of sulfonamides is 1. The summed E-state index contributed by atoms with van der Waals surface area (Å²) in [5, 5.41) is 2.68. The number of benzene rings is 2. The van der Waals surface area contributed by atoms with Gasteiger partial charge in [0.2, 0.25) is 10.0 Å². The van der Waals surface area contributed by atoms with Gasteiger partial charge in [-0.1, -0.05) is 0 Å². The number of nitrogens with two attached hydrogens (primary N) is 1. The summed E-state index contributed by atoms with van der Waals surface area (Å²) < 4.78 is 37.7. The Morgan fingerprint density at radius 3 is 2.22 bits per heavy atom. The highest BCUT2D eigenvalue weighted by Gasteiger charge is 2.22. The highest BCUT2D eigenvalue weighted by molar-refractivity contribution is 7.89. The number of rotatable bonds is 7. The molecule has 0 heterocycles. The van der Waals surface area contributed by atoms with Crippen LogP contribution in [0.4, 0.5) is 11.4 Å². The first-order valence-electron chi connectivity index (χ1n) is 8.13. The summed E-state index contributed by atoms with van der Waals surface area (Å²) in [6, 6.07) is 8.70. The third-order valence-corrected chi connectivity index (χ3v) is 5.27. The van der Waals surface area contributed by atoms with Gasteiger partial charge in [-0.2, -0.15) is 0 Å². The summed E-state index contributed by atoms with van der Waals surface area (Å²) in [6.45, 7) is 3.41. The van der Waals surface area contributed by atoms with E-state index in [0.29, 0.717) is 17.1 Å². The minimum Gasteiger partial charge on any atom is -0.495 e. The lowest BCUT2D eigenvalue weighted by Gasteiger charge is -2.14. The molecule has 4 N–H and O–H groups in total. The molecule has 0 aromatic heterocycles. The van der Waals surface area contributed by atoms with Crippen LogP contribution in [0.1, 0.15) is 24.2 Å². The molecule has 0 radical (unpaired) electrons. The largest absolute Gasteiger partial charge is 0.495 e. The maximum atomic E-state index is 12.5. The number of nitrogen functional groups attached to an aromatic ring is 1. The monoisotopic (exact) mass is 393 g/mol. The fraction of sp³-hybridized carbons (Fsp3) is 0.278. The summed E-state index contributed by atoms with van der Waals surface area (Å²) in [4.78, 5) is 12.4. The van der Waals surface area contributed by atoms with E-state index in [9.17, 15) is 13.2 Å². The SMILES string of the molecule is COc1ccc(NC(=O)c2ccc(OC)c(S(=O)(=O)NC(C)C)c2)cc1N. The second kappa shape index (κ2) is 8.28. The minimum atomic E-state index is -3.84. The molecule has 0 spiro atoms. The quantitative estimate of drug-likeness (QED) is 0.621. The molecular weight excluding hydrogens is 370 g/mol. The minimum absolute atomic E-state index is 0.111. The van der Waals surface area contributed by atoms with Crippen LogP contribution in [0.25, 0.3) is 0 Å². The fourth-order valence-corrected chi connectivity index (χ4v) is 3.86. The van der Waals surface area contributed by atoms with E-state index in [1.807, 2.05) is 0 Å². The Labute approximate surface area is 158 Å². The van der Waals surface area contributed by atoms with Gasteiger partial charge in [-0.3, -0.25) is 4.79 Å². The van der Waals surface area contributed by atoms with E-state index >= 15 is 0 Å². The van der Waals surface area contributed by atoms with Crippen molar-refractivity contribution in [1.29, 1.82) is 0 Å². The number of ether oxygens (including phenoxy) is 2. The van der Waals surface area contributed by atoms with Crippen LogP contribution in [-0.2, 0) is 10.0 Å². The molecule has 2 aromatic carbocycles. The standard InChI is InChI=1S/C18H23N3O5S/c1-11(2)21-27(23,24)17-9-12(5-7-16(17)26-4)18(22)20-13-6-8-15(25-3)14(19)10-13/h5-11,21H,19H2,1-4H3,(H,20,22). The third kappa shape index (κ3) is 4.89. The van der Waals surface area contributed by atoms with Gasteiger partial charge < -0.3 is 20.5 Å². The Morgan fingerprint density at radius 1 is 1.04 bits per heavy atom. The predicted octanol–water partition coefficient (Wildman–Crippen LogP) is 2.23. The molecule has 0 aliphatic heterocycles. The lowest BCUT2D eigenvalue weighted by Crippen LogP contribution is -2.30. The van der Waals surface area contributed by atoms with Crippen molar-refractivity contribution < 1.29 is 22.7 Å². The van der Waals surface area contributed by atoms with Crippen LogP contribution >= 0.6 is 0 Å². The molecule has 8 nitrogen and oxygen atoms in total. The molecule has 0 unspecified atom stereocenters. The van der Waals surface area contributed by atoms with Crippen molar-refractivity contribution in [2.45, 2.75) is 24.8 Å². The molecule has 2 rings (SSSR count). The Bertz CT molecular complexity index is 942. The van der Waals surface area contributed by atoms with Crippen LogP contribution in [0, 0.1) is 0 Å². The van der Waals surface area contributed by atoms with Gasteiger partial charge in [0.1, 0.15) is 16.4 Å². The topological polar surface area (TPSA) is 120 Å². The van der Waals surface area contributed by atoms with Crippen molar-refractivity contribution in [1.82, 2.24) is 4.72 Å². The molecular formula is C18H23N3O5S. The average molecular weight is 393 g/mol. The smallest absolute Gasteiger partial charge is 0.255 e. The number of hydrogen-bond donors (Lipinski definition) is 3. The van der Waals surface area contributed by atoms with Gasteiger partial charge in [-0.05, 0) is 50.2 Å². The van der Waals surface area contributed by atoms with E-state index in [1.165, 1.54) is 32.4 Å². The first-order valence-corrected chi connectivity index (χ1v) is 9.61. The lowest BCUT2D eigenvalue weighted by molar-refractivity contribution is 0.102. The third-order valence-electron chi connectivity index (χ3n) is 3.59. The Kier molecular flexibility index (Phi) is 6.29. The zero-order valence-electron chi connectivity index (χ0n) is 15.6. The maximum absolute atomic E-state index is 12.5. The van der Waals surface area contributed by atoms with Crippen LogP contribution in [-0.4, -0.2) is 34.6 Å². The predicted molar refractivity (Wildman–Crippen MR) is 104 cm³/mol. The van der Waals surface area contributed by atoms with E-state index in [0.717, 1.165) is 0 Å². The van der Waals surface area contributed by atoms with Crippen molar-refractivity contribution in [2.75, 3.05) is 25.3 Å². The van der Waals surface area contributed by atoms with Crippen molar-refractivity contribution in [3.05, 3.63) is 42.0 Å². The second-order valence-electron chi connectivity index (χ2n) is 6.05. The normalized spacial score (nSPS) is 11.3. The number of anilines is 2. The van der Waals surface area contributed by atoms with Crippen molar-refractivity contribution in [3.63, 3.8) is 0 Å². The molecule has 1 amide bonds. The Balaban J connectivity index is 2.34. The lowest BCUT2D eigenvalue weighted by atomic mass is 10.2. The molecule has 0 saturated carbocycles. The molecule has 27 heavy (non-hydrogen) atoms. The molecule has 9 heteroatoms. The van der Waals surface area contributed by atoms with Crippen molar-refractivity contribution >= 4 is 27.3 Å². The van der Waals surface area contributed by atoms with E-state index in [2.05, 4.69) is 10.0 Å². The number of carbonyl (C=O) groups is 1. The molecule has 0 atom stereocenters. The number of nitrogens with one attached hydrogen (secondary N) is 2. The molecule has 146 valence electrons. The van der Waals surface area contributed by atoms with Gasteiger partial charge >= 0.3 is 0 Å². The molecule has 0 bridgehead atoms. The summed E-state index contributed by atoms with van der Waals surface area (Å²) in [7, 11) is -0.979. The molecule has 0 saturated heterocycles. The first-order chi connectivity index (χ1) is 12.7. The van der Waals surface area contributed by atoms with Crippen molar-refractivity contribution in [3.8, 4) is 11.5 Å². The zero-order chi connectivity index (χ0) is 20.2. The van der Waals surface area contributed by atoms with E-state index < -0.39 is 15.9 Å². The molecule has 0 aliphatic rings. The summed E-state index contributed by atoms with van der Waals surface area (Å²) >= 11 is 0. The van der Waals surface area contributed by atoms with Crippen LogP contribution in [0.5, 0.6) is 11.5 Å². The van der Waals surface area contributed by atoms with Gasteiger partial charge in [0, 0.05) is 17.3 Å². The highest BCUT2D eigenvalue weighted by Crippen LogP contribution is 2.27. The summed E-state index contributed by atoms with van der Waals surface area (Å²) in [5.41, 5.74) is 6.82.